The quantitative estimate of drug-likeness (QED) is 0.140. The Bertz CT molecular complexity index is 680. The van der Waals surface area contributed by atoms with Crippen LogP contribution in [0.5, 0.6) is 0 Å². The lowest BCUT2D eigenvalue weighted by Gasteiger charge is -2.31. The van der Waals surface area contributed by atoms with Crippen LogP contribution in [-0.2, 0) is 19.2 Å². The number of piperazine rings is 4. The maximum absolute atomic E-state index is 10.7. The number of hydrogen-bond donors (Lipinski definition) is 0. The van der Waals surface area contributed by atoms with E-state index in [4.69, 9.17) is 0 Å². The van der Waals surface area contributed by atoms with Crippen LogP contribution in [0.1, 0.15) is 13.8 Å². The summed E-state index contributed by atoms with van der Waals surface area (Å²) < 4.78 is 0. The van der Waals surface area contributed by atoms with E-state index in [0.29, 0.717) is 26.2 Å². The van der Waals surface area contributed by atoms with Gasteiger partial charge in [0.1, 0.15) is 24.1 Å². The minimum absolute atomic E-state index is 0.273. The molecule has 0 aromatic rings. The van der Waals surface area contributed by atoms with Crippen LogP contribution in [0.4, 0.5) is 0 Å². The SMILES string of the molecule is CC(=O)[13CH2][15N]1CC[15N](C)CC1.CC(=[18O])[13CH2]N1CCN(C)CC1.CN1CCN(CC=[18O])CC1.C[15N]1CC[15N](CC=O)CC1. The van der Waals surface area contributed by atoms with Gasteiger partial charge in [-0.25, -0.2) is 0 Å². The fourth-order valence-electron chi connectivity index (χ4n) is 4.91. The highest BCUT2D eigenvalue weighted by atomic mass is 18.1. The zero-order valence-corrected chi connectivity index (χ0v) is 27.5. The molecule has 0 bridgehead atoms. The second-order valence-corrected chi connectivity index (χ2v) is 12.1. The summed E-state index contributed by atoms with van der Waals surface area (Å²) in [5, 5.41) is 0. The van der Waals surface area contributed by atoms with Crippen molar-refractivity contribution >= 4 is 24.1 Å². The molecule has 4 aliphatic rings. The van der Waals surface area contributed by atoms with E-state index in [1.54, 1.807) is 13.8 Å². The summed E-state index contributed by atoms with van der Waals surface area (Å²) in [5.74, 6) is 0.545. The molecule has 0 radical (unpaired) electrons. The Balaban J connectivity index is 0.000000280. The number of carbonyl (C=O) groups excluding carboxylic acids is 4. The predicted octanol–water partition coefficient (Wildman–Crippen LogP) is -1.49. The highest BCUT2D eigenvalue weighted by Crippen LogP contribution is 1.99. The lowest BCUT2D eigenvalue weighted by Crippen LogP contribution is -2.45. The zero-order chi connectivity index (χ0) is 31.3. The molecule has 0 aromatic heterocycles. The van der Waals surface area contributed by atoms with Crippen LogP contribution in [-0.4, -0.2) is 222 Å². The van der Waals surface area contributed by atoms with Crippen molar-refractivity contribution in [2.24, 2.45) is 0 Å². The van der Waals surface area contributed by atoms with E-state index in [2.05, 4.69) is 67.4 Å². The Morgan fingerprint density at radius 2 is 0.857 bits per heavy atom. The number of Topliss-reactive ketones (excluding diaryl/α,β-unsaturated/α-hetero) is 2. The first kappa shape index (κ1) is 38.4. The summed E-state index contributed by atoms with van der Waals surface area (Å²) in [7, 11) is 8.45. The molecule has 4 aliphatic heterocycles. The number of rotatable bonds is 8. The second kappa shape index (κ2) is 22.8. The molecule has 4 heterocycles. The lowest BCUT2D eigenvalue weighted by molar-refractivity contribution is -0.119. The maximum Gasteiger partial charge on any atom is 0.143 e. The molecule has 0 aromatic carbocycles. The van der Waals surface area contributed by atoms with Gasteiger partial charge < -0.3 is 29.2 Å². The van der Waals surface area contributed by atoms with E-state index in [1.807, 2.05) is 0 Å². The van der Waals surface area contributed by atoms with Gasteiger partial charge in [0.15, 0.2) is 0 Å². The molecule has 12 heteroatoms. The molecule has 4 fully saturated rings. The summed E-state index contributed by atoms with van der Waals surface area (Å²) in [6, 6.07) is 0. The Labute approximate surface area is 255 Å². The molecule has 0 aliphatic carbocycles. The number of nitrogens with zero attached hydrogens (tertiary/aromatic N) is 8. The van der Waals surface area contributed by atoms with Crippen LogP contribution < -0.4 is 0 Å². The van der Waals surface area contributed by atoms with Gasteiger partial charge in [0, 0.05) is 105 Å². The van der Waals surface area contributed by atoms with E-state index >= 15 is 0 Å². The molecular formula is C30H60N8O4. The summed E-state index contributed by atoms with van der Waals surface area (Å²) in [6.45, 7) is 22.8. The van der Waals surface area contributed by atoms with Gasteiger partial charge in [0.05, 0.1) is 26.2 Å². The minimum atomic E-state index is 0.273. The highest BCUT2D eigenvalue weighted by Gasteiger charge is 2.15. The molecule has 0 spiro atoms. The number of likely N-dealkylation sites (N-methyl/N-ethyl adjacent to an activating group) is 4. The third-order valence-corrected chi connectivity index (χ3v) is 7.94. The van der Waals surface area contributed by atoms with Crippen molar-refractivity contribution in [2.75, 3.05) is 159 Å². The zero-order valence-electron chi connectivity index (χ0n) is 27.5. The molecule has 4 saturated heterocycles. The van der Waals surface area contributed by atoms with Gasteiger partial charge in [-0.3, -0.25) is 29.2 Å². The Morgan fingerprint density at radius 3 is 1.14 bits per heavy atom. The van der Waals surface area contributed by atoms with Gasteiger partial charge in [-0.2, -0.15) is 0 Å². The molecule has 0 amide bonds. The number of aldehydes is 2. The Kier molecular flexibility index (Phi) is 20.9. The van der Waals surface area contributed by atoms with Gasteiger partial charge in [-0.15, -0.1) is 0 Å². The third kappa shape index (κ3) is 19.5. The van der Waals surface area contributed by atoms with Gasteiger partial charge in [0.25, 0.3) is 0 Å². The smallest absolute Gasteiger partial charge is 0.143 e. The Morgan fingerprint density at radius 1 is 0.548 bits per heavy atom. The van der Waals surface area contributed by atoms with Crippen molar-refractivity contribution < 1.29 is 19.2 Å². The summed E-state index contributed by atoms with van der Waals surface area (Å²) in [5.41, 5.74) is 0. The van der Waals surface area contributed by atoms with Crippen molar-refractivity contribution in [3.8, 4) is 0 Å². The van der Waals surface area contributed by atoms with Crippen molar-refractivity contribution in [1.29, 1.82) is 0 Å². The van der Waals surface area contributed by atoms with Gasteiger partial charge >= 0.3 is 0 Å². The normalized spacial score (nSPS) is 22.4. The summed E-state index contributed by atoms with van der Waals surface area (Å²) in [4.78, 5) is 59.6. The van der Waals surface area contributed by atoms with Crippen LogP contribution >= 0.6 is 0 Å². The molecule has 4 rings (SSSR count). The monoisotopic (exact) mass is 606 g/mol. The van der Waals surface area contributed by atoms with E-state index in [0.717, 1.165) is 117 Å². The first-order valence-corrected chi connectivity index (χ1v) is 15.5. The fourth-order valence-corrected chi connectivity index (χ4v) is 4.91. The standard InChI is InChI=1S/2C8H16N2O.2C7H14N2O/c2*1-8(11)7-10-5-3-9(2)4-6-10;2*1-8-2-4-9(5-3-8)6-7-10/h2*3-7H2,1-2H3;2*7H,2-6H2,1H3/i7+1,9+1,10+1;7+1,11+2;8+1,9+1;10+2. The van der Waals surface area contributed by atoms with Gasteiger partial charge in [-0.05, 0) is 42.0 Å². The Hall–Kier alpha value is -1.64. The molecule has 244 valence electrons. The summed E-state index contributed by atoms with van der Waals surface area (Å²) >= 11 is 0. The second-order valence-electron chi connectivity index (χ2n) is 12.1. The average molecular weight is 607 g/mol. The van der Waals surface area contributed by atoms with Crippen molar-refractivity contribution in [3.63, 3.8) is 0 Å². The predicted molar refractivity (Wildman–Crippen MR) is 169 cm³/mol. The molecule has 0 atom stereocenters. The molecular weight excluding hydrogens is 546 g/mol. The maximum atomic E-state index is 10.7. The van der Waals surface area contributed by atoms with Crippen LogP contribution in [0.3, 0.4) is 0 Å². The van der Waals surface area contributed by atoms with Gasteiger partial charge in [0.2, 0.25) is 0 Å². The number of carbonyl (C=O) groups is 4. The van der Waals surface area contributed by atoms with Crippen LogP contribution in [0.2, 0.25) is 0 Å². The topological polar surface area (TPSA) is 94.2 Å². The highest BCUT2D eigenvalue weighted by molar-refractivity contribution is 5.77. The van der Waals surface area contributed by atoms with E-state index in [1.165, 1.54) is 0 Å². The van der Waals surface area contributed by atoms with Gasteiger partial charge in [-0.1, -0.05) is 0 Å². The largest absolute Gasteiger partial charge is 0.304 e. The van der Waals surface area contributed by atoms with E-state index < -0.39 is 0 Å². The number of hydrogen-bond acceptors (Lipinski definition) is 12. The lowest BCUT2D eigenvalue weighted by atomic mass is 10.3. The molecule has 12 nitrogen and oxygen atoms in total. The minimum Gasteiger partial charge on any atom is -0.304 e. The summed E-state index contributed by atoms with van der Waals surface area (Å²) in [6.07, 6.45) is 1.96. The van der Waals surface area contributed by atoms with Crippen LogP contribution in [0.25, 0.3) is 0 Å². The van der Waals surface area contributed by atoms with Crippen molar-refractivity contribution in [3.05, 3.63) is 0 Å². The number of ketones is 2. The molecule has 0 saturated carbocycles. The first-order chi connectivity index (χ1) is 20.0. The molecule has 0 unspecified atom stereocenters. The van der Waals surface area contributed by atoms with Crippen LogP contribution in [0, 0.1) is 0 Å². The molecule has 0 N–H and O–H groups in total. The van der Waals surface area contributed by atoms with Crippen molar-refractivity contribution in [1.82, 2.24) is 39.2 Å². The average Bonchev–Trinajstić information content (AvgIpc) is 2.95. The fraction of sp³-hybridized carbons (Fsp3) is 0.867. The van der Waals surface area contributed by atoms with E-state index in [9.17, 15) is 19.2 Å². The van der Waals surface area contributed by atoms with Crippen molar-refractivity contribution in [2.45, 2.75) is 13.8 Å². The molecule has 42 heavy (non-hydrogen) atoms. The first-order valence-electron chi connectivity index (χ1n) is 15.5. The third-order valence-electron chi connectivity index (χ3n) is 7.94. The van der Waals surface area contributed by atoms with E-state index in [-0.39, 0.29) is 11.6 Å². The van der Waals surface area contributed by atoms with Crippen LogP contribution in [0.15, 0.2) is 0 Å².